The van der Waals surface area contributed by atoms with Crippen molar-refractivity contribution in [2.75, 3.05) is 24.3 Å². The maximum Gasteiger partial charge on any atom is 0.305 e. The molecule has 0 radical (unpaired) electrons. The molecule has 0 amide bonds. The fourth-order valence-electron chi connectivity index (χ4n) is 4.91. The van der Waals surface area contributed by atoms with Crippen molar-refractivity contribution >= 4 is 45.7 Å². The Morgan fingerprint density at radius 2 is 1.90 bits per heavy atom. The van der Waals surface area contributed by atoms with Crippen LogP contribution in [0.15, 0.2) is 82.3 Å². The average molecular weight is 604 g/mol. The monoisotopic (exact) mass is 603 g/mol. The SMILES string of the molecule is COC(=O)CCCCCC1(C)/C(=C/C=C/C=Nc2ccccc2)N(CCCS(=O)(=O)[O-])c2ccc(SOOO)cc21. The van der Waals surface area contributed by atoms with Crippen molar-refractivity contribution in [1.29, 1.82) is 0 Å². The summed E-state index contributed by atoms with van der Waals surface area (Å²) in [5, 5.41) is 12.4. The molecule has 10 nitrogen and oxygen atoms in total. The van der Waals surface area contributed by atoms with E-state index in [4.69, 9.17) is 9.99 Å². The van der Waals surface area contributed by atoms with Crippen molar-refractivity contribution in [1.82, 2.24) is 0 Å². The van der Waals surface area contributed by atoms with Gasteiger partial charge in [0, 0.05) is 46.6 Å². The second kappa shape index (κ2) is 15.9. The highest BCUT2D eigenvalue weighted by Gasteiger charge is 2.43. The zero-order chi connectivity index (χ0) is 29.7. The highest BCUT2D eigenvalue weighted by atomic mass is 32.2. The van der Waals surface area contributed by atoms with Crippen LogP contribution >= 0.6 is 12.0 Å². The zero-order valence-corrected chi connectivity index (χ0v) is 24.7. The summed E-state index contributed by atoms with van der Waals surface area (Å²) >= 11 is 0.857. The lowest BCUT2D eigenvalue weighted by Crippen LogP contribution is -2.30. The van der Waals surface area contributed by atoms with Crippen LogP contribution in [0.2, 0.25) is 0 Å². The Kier molecular flexibility index (Phi) is 12.6. The number of allylic oxidation sites excluding steroid dienone is 4. The van der Waals surface area contributed by atoms with E-state index in [0.717, 1.165) is 53.9 Å². The minimum absolute atomic E-state index is 0.162. The minimum atomic E-state index is -4.36. The number of fused-ring (bicyclic) bond motifs is 1. The number of benzene rings is 2. The van der Waals surface area contributed by atoms with Crippen molar-refractivity contribution in [3.8, 4) is 0 Å². The second-order valence-electron chi connectivity index (χ2n) is 9.69. The molecule has 2 aromatic carbocycles. The molecule has 1 atom stereocenters. The molecule has 12 heteroatoms. The summed E-state index contributed by atoms with van der Waals surface area (Å²) in [5.41, 5.74) is 3.15. The normalized spacial score (nSPS) is 18.0. The third-order valence-corrected chi connectivity index (χ3v) is 8.23. The molecule has 0 saturated carbocycles. The zero-order valence-electron chi connectivity index (χ0n) is 23.1. The highest BCUT2D eigenvalue weighted by molar-refractivity contribution is 7.94. The Morgan fingerprint density at radius 1 is 1.12 bits per heavy atom. The van der Waals surface area contributed by atoms with E-state index in [0.29, 0.717) is 24.3 Å². The molecule has 222 valence electrons. The summed E-state index contributed by atoms with van der Waals surface area (Å²) in [6, 6.07) is 15.2. The molecule has 1 heterocycles. The van der Waals surface area contributed by atoms with E-state index in [1.54, 1.807) is 6.21 Å². The Morgan fingerprint density at radius 3 is 2.61 bits per heavy atom. The lowest BCUT2D eigenvalue weighted by Gasteiger charge is -2.30. The minimum Gasteiger partial charge on any atom is -0.748 e. The fraction of sp³-hybridized carbons (Fsp3) is 0.379. The molecule has 0 fully saturated rings. The third kappa shape index (κ3) is 9.80. The maximum absolute atomic E-state index is 11.5. The topological polar surface area (TPSA) is 138 Å². The summed E-state index contributed by atoms with van der Waals surface area (Å²) < 4.78 is 43.4. The van der Waals surface area contributed by atoms with E-state index in [1.165, 1.54) is 7.11 Å². The highest BCUT2D eigenvalue weighted by Crippen LogP contribution is 2.51. The van der Waals surface area contributed by atoms with Gasteiger partial charge in [0.15, 0.2) is 0 Å². The Hall–Kier alpha value is -3.00. The third-order valence-electron chi connectivity index (χ3n) is 6.86. The van der Waals surface area contributed by atoms with Gasteiger partial charge in [-0.2, -0.15) is 0 Å². The standard InChI is InChI=1S/C29H36N2O8S2/c1-29(18-9-4-7-15-28(32)37-2)25-22-24(40-39-38-33)16-17-26(25)31(20-11-21-41(34,35)36)27(29)14-8-10-19-30-23-12-5-3-6-13-23/h3,5-6,8,10,12-14,16-17,19,22,33H,4,7,9,11,15,18,20-21H2,1-2H3,(H,34,35,36)/p-1/b10-8+,27-14-,30-19?. The first-order valence-corrected chi connectivity index (χ1v) is 15.5. The molecule has 1 N–H and O–H groups in total. The summed E-state index contributed by atoms with van der Waals surface area (Å²) in [6.07, 6.45) is 11.0. The molecule has 2 aromatic rings. The number of carbonyl (C=O) groups excluding carboxylic acids is 1. The van der Waals surface area contributed by atoms with Crippen molar-refractivity contribution in [2.24, 2.45) is 4.99 Å². The molecule has 3 rings (SSSR count). The van der Waals surface area contributed by atoms with E-state index in [1.807, 2.05) is 71.7 Å². The molecule has 0 aliphatic carbocycles. The van der Waals surface area contributed by atoms with Crippen LogP contribution in [0.1, 0.15) is 51.0 Å². The first-order valence-electron chi connectivity index (χ1n) is 13.2. The number of hydrogen-bond acceptors (Lipinski definition) is 11. The van der Waals surface area contributed by atoms with Crippen LogP contribution in [0.5, 0.6) is 0 Å². The molecule has 1 aliphatic rings. The number of unbranched alkanes of at least 4 members (excludes halogenated alkanes) is 2. The van der Waals surface area contributed by atoms with Crippen molar-refractivity contribution in [3.63, 3.8) is 0 Å². The predicted molar refractivity (Wildman–Crippen MR) is 158 cm³/mol. The number of ether oxygens (including phenoxy) is 1. The van der Waals surface area contributed by atoms with Gasteiger partial charge in [-0.05, 0) is 74.2 Å². The summed E-state index contributed by atoms with van der Waals surface area (Å²) in [5.74, 6) is -0.705. The van der Waals surface area contributed by atoms with E-state index < -0.39 is 21.3 Å². The van der Waals surface area contributed by atoms with Gasteiger partial charge in [-0.1, -0.05) is 42.2 Å². The van der Waals surface area contributed by atoms with Crippen molar-refractivity contribution in [3.05, 3.63) is 78.0 Å². The van der Waals surface area contributed by atoms with Crippen LogP contribution < -0.4 is 4.90 Å². The average Bonchev–Trinajstić information content (AvgIpc) is 3.18. The number of aliphatic imine (C=N–C) groups is 1. The summed E-state index contributed by atoms with van der Waals surface area (Å²) in [4.78, 5) is 18.7. The summed E-state index contributed by atoms with van der Waals surface area (Å²) in [7, 11) is -2.98. The van der Waals surface area contributed by atoms with Gasteiger partial charge in [-0.15, -0.1) is 4.33 Å². The molecule has 0 aromatic heterocycles. The number of anilines is 1. The molecular formula is C29H35N2O8S2-. The number of para-hydroxylation sites is 1. The molecular weight excluding hydrogens is 568 g/mol. The van der Waals surface area contributed by atoms with Crippen LogP contribution in [-0.2, 0) is 34.4 Å². The van der Waals surface area contributed by atoms with Gasteiger partial charge in [-0.3, -0.25) is 9.79 Å². The largest absolute Gasteiger partial charge is 0.748 e. The number of carbonyl (C=O) groups is 1. The van der Waals surface area contributed by atoms with E-state index in [-0.39, 0.29) is 12.4 Å². The number of methoxy groups -OCH3 is 1. The van der Waals surface area contributed by atoms with Gasteiger partial charge in [-0.25, -0.2) is 13.7 Å². The number of esters is 1. The van der Waals surface area contributed by atoms with Crippen molar-refractivity contribution < 1.29 is 37.1 Å². The fourth-order valence-corrected chi connectivity index (χ4v) is 5.79. The molecule has 0 spiro atoms. The number of nitrogens with zero attached hydrogens (tertiary/aromatic N) is 2. The van der Waals surface area contributed by atoms with Crippen LogP contribution in [0.3, 0.4) is 0 Å². The van der Waals surface area contributed by atoms with E-state index in [9.17, 15) is 17.8 Å². The van der Waals surface area contributed by atoms with Crippen LogP contribution in [0, 0.1) is 0 Å². The maximum atomic E-state index is 11.5. The van der Waals surface area contributed by atoms with Gasteiger partial charge < -0.3 is 14.2 Å². The van der Waals surface area contributed by atoms with Crippen LogP contribution in [0.25, 0.3) is 0 Å². The predicted octanol–water partition coefficient (Wildman–Crippen LogP) is 6.09. The van der Waals surface area contributed by atoms with E-state index in [2.05, 4.69) is 21.3 Å². The molecule has 0 bridgehead atoms. The second-order valence-corrected chi connectivity index (χ2v) is 12.0. The van der Waals surface area contributed by atoms with Gasteiger partial charge >= 0.3 is 5.97 Å². The first kappa shape index (κ1) is 32.5. The Labute approximate surface area is 245 Å². The van der Waals surface area contributed by atoms with Crippen LogP contribution in [-0.4, -0.2) is 49.8 Å². The van der Waals surface area contributed by atoms with Gasteiger partial charge in [0.25, 0.3) is 0 Å². The van der Waals surface area contributed by atoms with Gasteiger partial charge in [0.2, 0.25) is 0 Å². The molecule has 1 aliphatic heterocycles. The Bertz CT molecular complexity index is 1350. The lowest BCUT2D eigenvalue weighted by atomic mass is 9.77. The Balaban J connectivity index is 1.94. The van der Waals surface area contributed by atoms with Crippen LogP contribution in [0.4, 0.5) is 11.4 Å². The number of rotatable bonds is 16. The van der Waals surface area contributed by atoms with Gasteiger partial charge in [0.05, 0.1) is 35.0 Å². The quantitative estimate of drug-likeness (QED) is 0.0456. The molecule has 0 saturated heterocycles. The molecule has 1 unspecified atom stereocenters. The van der Waals surface area contributed by atoms with Gasteiger partial charge in [0.1, 0.15) is 0 Å². The smallest absolute Gasteiger partial charge is 0.305 e. The van der Waals surface area contributed by atoms with Crippen molar-refractivity contribution in [2.45, 2.75) is 55.8 Å². The summed E-state index contributed by atoms with van der Waals surface area (Å²) in [6.45, 7) is 2.44. The van der Waals surface area contributed by atoms with E-state index >= 15 is 0 Å². The number of hydrogen-bond donors (Lipinski definition) is 1. The lowest BCUT2D eigenvalue weighted by molar-refractivity contribution is -0.432. The first-order chi connectivity index (χ1) is 19.7. The molecule has 41 heavy (non-hydrogen) atoms.